The van der Waals surface area contributed by atoms with Crippen molar-refractivity contribution in [3.05, 3.63) is 57.0 Å². The Morgan fingerprint density at radius 2 is 2.15 bits per heavy atom. The lowest BCUT2D eigenvalue weighted by atomic mass is 9.99. The summed E-state index contributed by atoms with van der Waals surface area (Å²) in [5.41, 5.74) is 5.03. The molecule has 2 aromatic rings. The van der Waals surface area contributed by atoms with E-state index in [2.05, 4.69) is 44.8 Å². The van der Waals surface area contributed by atoms with Gasteiger partial charge in [-0.2, -0.15) is 0 Å². The molecule has 0 fully saturated rings. The van der Waals surface area contributed by atoms with Gasteiger partial charge in [-0.15, -0.1) is 0 Å². The zero-order valence-electron chi connectivity index (χ0n) is 11.0. The molecule has 0 aliphatic carbocycles. The van der Waals surface area contributed by atoms with Crippen LogP contribution >= 0.6 is 27.5 Å². The van der Waals surface area contributed by atoms with Crippen LogP contribution in [0.25, 0.3) is 0 Å². The first kappa shape index (κ1) is 13.8. The average molecular weight is 352 g/mol. The molecule has 20 heavy (non-hydrogen) atoms. The van der Waals surface area contributed by atoms with Crippen LogP contribution in [0.3, 0.4) is 0 Å². The predicted molar refractivity (Wildman–Crippen MR) is 89.7 cm³/mol. The third-order valence-electron chi connectivity index (χ3n) is 3.56. The number of fused-ring (bicyclic) bond motifs is 1. The molecule has 2 aromatic carbocycles. The number of hydrogen-bond donors (Lipinski definition) is 2. The molecule has 3 rings (SSSR count). The summed E-state index contributed by atoms with van der Waals surface area (Å²) < 4.78 is 1.03. The van der Waals surface area contributed by atoms with Gasteiger partial charge in [-0.3, -0.25) is 0 Å². The largest absolute Gasteiger partial charge is 0.385 e. The summed E-state index contributed by atoms with van der Waals surface area (Å²) in [6, 6.07) is 12.3. The lowest BCUT2D eigenvalue weighted by Gasteiger charge is -2.21. The minimum Gasteiger partial charge on any atom is -0.385 e. The number of nitrogens with one attached hydrogen (secondary N) is 2. The monoisotopic (exact) mass is 350 g/mol. The molecule has 0 bridgehead atoms. The van der Waals surface area contributed by atoms with Crippen LogP contribution in [0.15, 0.2) is 40.9 Å². The first-order chi connectivity index (χ1) is 9.74. The summed E-state index contributed by atoms with van der Waals surface area (Å²) in [6.45, 7) is 1.85. The first-order valence-corrected chi connectivity index (χ1v) is 7.95. The maximum atomic E-state index is 6.04. The highest BCUT2D eigenvalue weighted by molar-refractivity contribution is 9.10. The fraction of sp³-hybridized carbons (Fsp3) is 0.250. The standard InChI is InChI=1S/C16H16BrClN2/c17-14-7-6-13(18)9-15(14)20-10-12-4-1-3-11-5-2-8-19-16(11)12/h1,3-4,6-7,9,19-20H,2,5,8,10H2. The normalized spacial score (nSPS) is 13.5. The van der Waals surface area contributed by atoms with E-state index < -0.39 is 0 Å². The highest BCUT2D eigenvalue weighted by Crippen LogP contribution is 2.29. The van der Waals surface area contributed by atoms with E-state index in [-0.39, 0.29) is 0 Å². The van der Waals surface area contributed by atoms with Gasteiger partial charge in [0.25, 0.3) is 0 Å². The number of aryl methyl sites for hydroxylation is 1. The van der Waals surface area contributed by atoms with Gasteiger partial charge < -0.3 is 10.6 Å². The summed E-state index contributed by atoms with van der Waals surface area (Å²) in [5.74, 6) is 0. The molecule has 1 heterocycles. The van der Waals surface area contributed by atoms with Crippen molar-refractivity contribution < 1.29 is 0 Å². The second-order valence-electron chi connectivity index (χ2n) is 4.96. The zero-order valence-corrected chi connectivity index (χ0v) is 13.4. The molecule has 0 aromatic heterocycles. The van der Waals surface area contributed by atoms with Crippen LogP contribution in [0.5, 0.6) is 0 Å². The molecule has 1 aliphatic heterocycles. The average Bonchev–Trinajstić information content (AvgIpc) is 2.48. The first-order valence-electron chi connectivity index (χ1n) is 6.77. The van der Waals surface area contributed by atoms with Gasteiger partial charge in [0, 0.05) is 28.3 Å². The van der Waals surface area contributed by atoms with Crippen molar-refractivity contribution in [1.82, 2.24) is 0 Å². The summed E-state index contributed by atoms with van der Waals surface area (Å²) in [6.07, 6.45) is 2.38. The van der Waals surface area contributed by atoms with E-state index in [0.717, 1.165) is 34.7 Å². The number of rotatable bonds is 3. The fourth-order valence-corrected chi connectivity index (χ4v) is 3.11. The molecule has 0 unspecified atom stereocenters. The summed E-state index contributed by atoms with van der Waals surface area (Å²) >= 11 is 9.58. The molecular formula is C16H16BrClN2. The highest BCUT2D eigenvalue weighted by atomic mass is 79.9. The summed E-state index contributed by atoms with van der Waals surface area (Å²) in [5, 5.41) is 7.70. The van der Waals surface area contributed by atoms with Crippen LogP contribution in [0.4, 0.5) is 11.4 Å². The maximum absolute atomic E-state index is 6.04. The molecule has 0 radical (unpaired) electrons. The van der Waals surface area contributed by atoms with Crippen LogP contribution in [0, 0.1) is 0 Å². The van der Waals surface area contributed by atoms with Crippen molar-refractivity contribution in [3.63, 3.8) is 0 Å². The van der Waals surface area contributed by atoms with Gasteiger partial charge in [0.05, 0.1) is 5.69 Å². The Labute approximate surface area is 132 Å². The van der Waals surface area contributed by atoms with Crippen LogP contribution < -0.4 is 10.6 Å². The minimum atomic E-state index is 0.740. The van der Waals surface area contributed by atoms with E-state index in [1.54, 1.807) is 0 Å². The number of benzene rings is 2. The predicted octanol–water partition coefficient (Wildman–Crippen LogP) is 5.07. The van der Waals surface area contributed by atoms with Gasteiger partial charge in [0.2, 0.25) is 0 Å². The second-order valence-corrected chi connectivity index (χ2v) is 6.25. The van der Waals surface area contributed by atoms with E-state index in [1.807, 2.05) is 18.2 Å². The van der Waals surface area contributed by atoms with Gasteiger partial charge >= 0.3 is 0 Å². The summed E-state index contributed by atoms with van der Waals surface area (Å²) in [7, 11) is 0. The zero-order chi connectivity index (χ0) is 13.9. The number of halogens is 2. The fourth-order valence-electron chi connectivity index (χ4n) is 2.55. The van der Waals surface area contributed by atoms with Crippen molar-refractivity contribution in [2.45, 2.75) is 19.4 Å². The quantitative estimate of drug-likeness (QED) is 0.806. The SMILES string of the molecule is Clc1ccc(Br)c(NCc2cccc3c2NCCC3)c1. The van der Waals surface area contributed by atoms with Crippen LogP contribution in [0.2, 0.25) is 5.02 Å². The molecule has 0 saturated carbocycles. The highest BCUT2D eigenvalue weighted by Gasteiger charge is 2.12. The van der Waals surface area contributed by atoms with Crippen molar-refractivity contribution in [3.8, 4) is 0 Å². The smallest absolute Gasteiger partial charge is 0.0502 e. The van der Waals surface area contributed by atoms with Gasteiger partial charge in [0.15, 0.2) is 0 Å². The van der Waals surface area contributed by atoms with Crippen molar-refractivity contribution in [2.24, 2.45) is 0 Å². The third kappa shape index (κ3) is 2.94. The van der Waals surface area contributed by atoms with Gasteiger partial charge in [-0.1, -0.05) is 29.8 Å². The van der Waals surface area contributed by atoms with Gasteiger partial charge in [0.1, 0.15) is 0 Å². The Hall–Kier alpha value is -1.19. The van der Waals surface area contributed by atoms with E-state index in [9.17, 15) is 0 Å². The Balaban J connectivity index is 1.80. The lowest BCUT2D eigenvalue weighted by Crippen LogP contribution is -2.15. The second kappa shape index (κ2) is 6.06. The lowest BCUT2D eigenvalue weighted by molar-refractivity contribution is 0.825. The molecule has 104 valence electrons. The molecule has 2 N–H and O–H groups in total. The van der Waals surface area contributed by atoms with Crippen LogP contribution in [-0.2, 0) is 13.0 Å². The van der Waals surface area contributed by atoms with Crippen molar-refractivity contribution in [2.75, 3.05) is 17.2 Å². The molecular weight excluding hydrogens is 336 g/mol. The Bertz CT molecular complexity index is 628. The van der Waals surface area contributed by atoms with E-state index >= 15 is 0 Å². The molecule has 0 atom stereocenters. The van der Waals surface area contributed by atoms with Gasteiger partial charge in [-0.05, 0) is 58.1 Å². The number of anilines is 2. The molecule has 1 aliphatic rings. The molecule has 2 nitrogen and oxygen atoms in total. The maximum Gasteiger partial charge on any atom is 0.0502 e. The number of para-hydroxylation sites is 1. The Kier molecular flexibility index (Phi) is 4.18. The summed E-state index contributed by atoms with van der Waals surface area (Å²) in [4.78, 5) is 0. The van der Waals surface area contributed by atoms with Crippen molar-refractivity contribution in [1.29, 1.82) is 0 Å². The molecule has 4 heteroatoms. The van der Waals surface area contributed by atoms with Crippen LogP contribution in [0.1, 0.15) is 17.5 Å². The Morgan fingerprint density at radius 1 is 1.25 bits per heavy atom. The minimum absolute atomic E-state index is 0.740. The molecule has 0 amide bonds. The molecule has 0 saturated heterocycles. The van der Waals surface area contributed by atoms with E-state index in [1.165, 1.54) is 23.2 Å². The third-order valence-corrected chi connectivity index (χ3v) is 4.49. The molecule has 0 spiro atoms. The van der Waals surface area contributed by atoms with E-state index in [4.69, 9.17) is 11.6 Å². The van der Waals surface area contributed by atoms with Crippen LogP contribution in [-0.4, -0.2) is 6.54 Å². The topological polar surface area (TPSA) is 24.1 Å². The Morgan fingerprint density at radius 3 is 3.05 bits per heavy atom. The number of hydrogen-bond acceptors (Lipinski definition) is 2. The van der Waals surface area contributed by atoms with Crippen molar-refractivity contribution >= 4 is 38.9 Å². The van der Waals surface area contributed by atoms with E-state index in [0.29, 0.717) is 0 Å². The van der Waals surface area contributed by atoms with Gasteiger partial charge in [-0.25, -0.2) is 0 Å².